The van der Waals surface area contributed by atoms with Gasteiger partial charge in [-0.05, 0) is 52.4 Å². The number of benzene rings is 2. The highest BCUT2D eigenvalue weighted by Gasteiger charge is 2.39. The molecule has 2 aliphatic rings. The Kier molecular flexibility index (Phi) is 4.81. The van der Waals surface area contributed by atoms with Crippen LogP contribution in [0.15, 0.2) is 59.1 Å². The summed E-state index contributed by atoms with van der Waals surface area (Å²) in [4.78, 5) is 27.0. The van der Waals surface area contributed by atoms with Gasteiger partial charge in [0.05, 0.1) is 17.6 Å². The molecule has 2 atom stereocenters. The van der Waals surface area contributed by atoms with Crippen molar-refractivity contribution < 1.29 is 9.59 Å². The molecular weight excluding hydrogens is 392 g/mol. The van der Waals surface area contributed by atoms with Crippen LogP contribution in [0.5, 0.6) is 0 Å². The van der Waals surface area contributed by atoms with Gasteiger partial charge in [0.15, 0.2) is 0 Å². The van der Waals surface area contributed by atoms with E-state index < -0.39 is 0 Å². The molecule has 1 aliphatic heterocycles. The van der Waals surface area contributed by atoms with Gasteiger partial charge in [0.1, 0.15) is 0 Å². The summed E-state index contributed by atoms with van der Waals surface area (Å²) in [5.41, 5.74) is 1.98. The number of carbonyl (C=O) groups excluding carboxylic acids is 2. The predicted octanol–water partition coefficient (Wildman–Crippen LogP) is 4.07. The lowest BCUT2D eigenvalue weighted by molar-refractivity contribution is -0.127. The van der Waals surface area contributed by atoms with Gasteiger partial charge in [-0.2, -0.15) is 0 Å². The molecule has 2 unspecified atom stereocenters. The molecule has 0 bridgehead atoms. The molecule has 0 aromatic heterocycles. The Labute approximate surface area is 161 Å². The van der Waals surface area contributed by atoms with Crippen molar-refractivity contribution in [3.63, 3.8) is 0 Å². The zero-order valence-corrected chi connectivity index (χ0v) is 16.0. The normalized spacial score (nSPS) is 20.9. The Balaban J connectivity index is 1.47. The Morgan fingerprint density at radius 1 is 1.08 bits per heavy atom. The topological polar surface area (TPSA) is 49.4 Å². The minimum absolute atomic E-state index is 0.000247. The fourth-order valence-corrected chi connectivity index (χ4v) is 4.12. The van der Waals surface area contributed by atoms with Gasteiger partial charge in [-0.15, -0.1) is 0 Å². The molecule has 4 nitrogen and oxygen atoms in total. The van der Waals surface area contributed by atoms with Gasteiger partial charge in [-0.3, -0.25) is 9.59 Å². The number of halogens is 1. The molecule has 5 heteroatoms. The third-order valence-corrected chi connectivity index (χ3v) is 5.86. The fourth-order valence-electron chi connectivity index (χ4n) is 3.62. The SMILES string of the molecule is O=C(NC(c1ccccc1)C1CC1)C1CC(=O)N(c2ccccc2Br)C1. The van der Waals surface area contributed by atoms with Crippen molar-refractivity contribution in [1.82, 2.24) is 5.32 Å². The highest BCUT2D eigenvalue weighted by molar-refractivity contribution is 9.10. The van der Waals surface area contributed by atoms with E-state index in [9.17, 15) is 9.59 Å². The van der Waals surface area contributed by atoms with Crippen LogP contribution in [-0.2, 0) is 9.59 Å². The van der Waals surface area contributed by atoms with Gasteiger partial charge >= 0.3 is 0 Å². The van der Waals surface area contributed by atoms with Crippen LogP contribution in [0.4, 0.5) is 5.69 Å². The summed E-state index contributed by atoms with van der Waals surface area (Å²) in [6.45, 7) is 0.430. The first-order chi connectivity index (χ1) is 12.6. The van der Waals surface area contributed by atoms with E-state index in [4.69, 9.17) is 0 Å². The maximum absolute atomic E-state index is 12.9. The highest BCUT2D eigenvalue weighted by Crippen LogP contribution is 2.41. The van der Waals surface area contributed by atoms with Crippen molar-refractivity contribution >= 4 is 33.4 Å². The zero-order chi connectivity index (χ0) is 18.1. The number of carbonyl (C=O) groups is 2. The fraction of sp³-hybridized carbons (Fsp3) is 0.333. The van der Waals surface area contributed by atoms with E-state index >= 15 is 0 Å². The van der Waals surface area contributed by atoms with E-state index in [1.165, 1.54) is 0 Å². The molecule has 0 radical (unpaired) electrons. The summed E-state index contributed by atoms with van der Waals surface area (Å²) < 4.78 is 0.870. The Hall–Kier alpha value is -2.14. The van der Waals surface area contributed by atoms with Crippen molar-refractivity contribution in [2.24, 2.45) is 11.8 Å². The summed E-state index contributed by atoms with van der Waals surface area (Å²) in [7, 11) is 0. The molecular formula is C21H21BrN2O2. The predicted molar refractivity (Wildman–Crippen MR) is 105 cm³/mol. The van der Waals surface area contributed by atoms with Crippen LogP contribution in [-0.4, -0.2) is 18.4 Å². The van der Waals surface area contributed by atoms with Crippen LogP contribution in [0.25, 0.3) is 0 Å². The number of para-hydroxylation sites is 1. The van der Waals surface area contributed by atoms with Crippen LogP contribution < -0.4 is 10.2 Å². The first-order valence-electron chi connectivity index (χ1n) is 9.03. The minimum atomic E-state index is -0.306. The molecule has 1 saturated heterocycles. The summed E-state index contributed by atoms with van der Waals surface area (Å²) >= 11 is 3.49. The van der Waals surface area contributed by atoms with Gasteiger partial charge in [-0.25, -0.2) is 0 Å². The Morgan fingerprint density at radius 3 is 2.46 bits per heavy atom. The number of rotatable bonds is 5. The van der Waals surface area contributed by atoms with E-state index in [1.807, 2.05) is 42.5 Å². The van der Waals surface area contributed by atoms with Gasteiger partial charge in [0.2, 0.25) is 11.8 Å². The van der Waals surface area contributed by atoms with Crippen LogP contribution in [0, 0.1) is 11.8 Å². The lowest BCUT2D eigenvalue weighted by Gasteiger charge is -2.22. The molecule has 4 rings (SSSR count). The third kappa shape index (κ3) is 3.54. The number of nitrogens with one attached hydrogen (secondary N) is 1. The Bertz CT molecular complexity index is 820. The van der Waals surface area contributed by atoms with Crippen molar-refractivity contribution in [2.75, 3.05) is 11.4 Å². The molecule has 2 aromatic rings. The Morgan fingerprint density at radius 2 is 1.77 bits per heavy atom. The second kappa shape index (κ2) is 7.23. The summed E-state index contributed by atoms with van der Waals surface area (Å²) in [6.07, 6.45) is 2.55. The molecule has 1 N–H and O–H groups in total. The average Bonchev–Trinajstić information content (AvgIpc) is 3.42. The van der Waals surface area contributed by atoms with Gasteiger partial charge in [0, 0.05) is 17.4 Å². The lowest BCUT2D eigenvalue weighted by atomic mass is 10.0. The second-order valence-electron chi connectivity index (χ2n) is 7.09. The number of nitrogens with zero attached hydrogens (tertiary/aromatic N) is 1. The van der Waals surface area contributed by atoms with Crippen molar-refractivity contribution in [1.29, 1.82) is 0 Å². The van der Waals surface area contributed by atoms with E-state index in [1.54, 1.807) is 4.90 Å². The van der Waals surface area contributed by atoms with Gasteiger partial charge in [0.25, 0.3) is 0 Å². The molecule has 2 aromatic carbocycles. The monoisotopic (exact) mass is 412 g/mol. The molecule has 26 heavy (non-hydrogen) atoms. The maximum Gasteiger partial charge on any atom is 0.227 e. The molecule has 1 aliphatic carbocycles. The lowest BCUT2D eigenvalue weighted by Crippen LogP contribution is -2.36. The van der Waals surface area contributed by atoms with Crippen LogP contribution in [0.2, 0.25) is 0 Å². The summed E-state index contributed by atoms with van der Waals surface area (Å²) in [6, 6.07) is 17.8. The molecule has 1 saturated carbocycles. The molecule has 134 valence electrons. The first kappa shape index (κ1) is 17.3. The van der Waals surface area contributed by atoms with Gasteiger partial charge in [-0.1, -0.05) is 42.5 Å². The van der Waals surface area contributed by atoms with Gasteiger partial charge < -0.3 is 10.2 Å². The average molecular weight is 413 g/mol. The summed E-state index contributed by atoms with van der Waals surface area (Å²) in [5.74, 6) is 0.186. The zero-order valence-electron chi connectivity index (χ0n) is 14.4. The largest absolute Gasteiger partial charge is 0.349 e. The maximum atomic E-state index is 12.9. The van der Waals surface area contributed by atoms with Crippen LogP contribution in [0.1, 0.15) is 30.9 Å². The van der Waals surface area contributed by atoms with Crippen molar-refractivity contribution in [3.8, 4) is 0 Å². The standard InChI is InChI=1S/C21H21BrN2O2/c22-17-8-4-5-9-18(17)24-13-16(12-19(24)25)21(26)23-20(15-10-11-15)14-6-2-1-3-7-14/h1-9,15-16,20H,10-13H2,(H,23,26). The number of anilines is 1. The van der Waals surface area contributed by atoms with E-state index in [0.29, 0.717) is 12.5 Å². The second-order valence-corrected chi connectivity index (χ2v) is 7.95. The summed E-state index contributed by atoms with van der Waals surface area (Å²) in [5, 5.41) is 3.21. The van der Waals surface area contributed by atoms with E-state index in [0.717, 1.165) is 28.6 Å². The van der Waals surface area contributed by atoms with E-state index in [-0.39, 0.29) is 30.2 Å². The van der Waals surface area contributed by atoms with Crippen molar-refractivity contribution in [2.45, 2.75) is 25.3 Å². The molecule has 2 fully saturated rings. The number of amides is 2. The van der Waals surface area contributed by atoms with Crippen LogP contribution in [0.3, 0.4) is 0 Å². The molecule has 1 heterocycles. The quantitative estimate of drug-likeness (QED) is 0.804. The molecule has 2 amide bonds. The third-order valence-electron chi connectivity index (χ3n) is 5.19. The minimum Gasteiger partial charge on any atom is -0.349 e. The number of hydrogen-bond acceptors (Lipinski definition) is 2. The first-order valence-corrected chi connectivity index (χ1v) is 9.83. The highest BCUT2D eigenvalue weighted by atomic mass is 79.9. The molecule has 0 spiro atoms. The van der Waals surface area contributed by atoms with Crippen molar-refractivity contribution in [3.05, 3.63) is 64.6 Å². The van der Waals surface area contributed by atoms with E-state index in [2.05, 4.69) is 33.4 Å². The van der Waals surface area contributed by atoms with Crippen LogP contribution >= 0.6 is 15.9 Å². The number of hydrogen-bond donors (Lipinski definition) is 1. The smallest absolute Gasteiger partial charge is 0.227 e.